The van der Waals surface area contributed by atoms with E-state index in [0.717, 1.165) is 11.4 Å². The van der Waals surface area contributed by atoms with Gasteiger partial charge < -0.3 is 15.4 Å². The average Bonchev–Trinajstić information content (AvgIpc) is 2.48. The minimum atomic E-state index is 0.465. The molecule has 0 saturated carbocycles. The first-order valence-corrected chi connectivity index (χ1v) is 7.29. The molecule has 2 rings (SSSR count). The summed E-state index contributed by atoms with van der Waals surface area (Å²) in [7, 11) is 0. The number of ether oxygens (including phenoxy) is 1. The number of nitrogens with zero attached hydrogens (tertiary/aromatic N) is 1. The molecule has 1 heterocycles. The lowest BCUT2D eigenvalue weighted by Gasteiger charge is -2.12. The van der Waals surface area contributed by atoms with Gasteiger partial charge in [-0.15, -0.1) is 0 Å². The van der Waals surface area contributed by atoms with Gasteiger partial charge in [0, 0.05) is 6.20 Å². The summed E-state index contributed by atoms with van der Waals surface area (Å²) >= 11 is 11.2. The number of thiocarbonyl (C=S) groups is 1. The van der Waals surface area contributed by atoms with Crippen LogP contribution in [0.25, 0.3) is 0 Å². The third-order valence-electron chi connectivity index (χ3n) is 2.72. The van der Waals surface area contributed by atoms with Gasteiger partial charge in [0.1, 0.15) is 18.2 Å². The number of hydrogen-bond acceptors (Lipinski definition) is 3. The zero-order chi connectivity index (χ0) is 15.1. The fraction of sp³-hybridized carbons (Fsp3) is 0.200. The maximum atomic E-state index is 6.00. The Kier molecular flexibility index (Phi) is 5.78. The Morgan fingerprint density at radius 2 is 2.10 bits per heavy atom. The maximum absolute atomic E-state index is 6.00. The molecule has 1 aromatic heterocycles. The highest BCUT2D eigenvalue weighted by Crippen LogP contribution is 2.22. The molecule has 0 unspecified atom stereocenters. The Balaban J connectivity index is 1.73. The number of pyridine rings is 1. The van der Waals surface area contributed by atoms with Gasteiger partial charge >= 0.3 is 0 Å². The third-order valence-corrected chi connectivity index (χ3v) is 3.28. The van der Waals surface area contributed by atoms with Crippen molar-refractivity contribution in [3.05, 3.63) is 53.2 Å². The van der Waals surface area contributed by atoms with Crippen LogP contribution in [-0.4, -0.2) is 23.2 Å². The standard InChI is InChI=1S/C15H16ClN3OS/c1-11-5-4-8-17-14(11)19-15(21)18-9-10-20-13-7-3-2-6-12(13)16/h2-8H,9-10H2,1H3,(H2,17,18,19,21). The molecule has 0 fully saturated rings. The van der Waals surface area contributed by atoms with Gasteiger partial charge in [-0.25, -0.2) is 4.98 Å². The van der Waals surface area contributed by atoms with Crippen molar-refractivity contribution in [1.29, 1.82) is 0 Å². The highest BCUT2D eigenvalue weighted by molar-refractivity contribution is 7.80. The summed E-state index contributed by atoms with van der Waals surface area (Å²) < 4.78 is 5.56. The van der Waals surface area contributed by atoms with Gasteiger partial charge in [-0.2, -0.15) is 0 Å². The second kappa shape index (κ2) is 7.81. The topological polar surface area (TPSA) is 46.2 Å². The molecule has 110 valence electrons. The highest BCUT2D eigenvalue weighted by atomic mass is 35.5. The van der Waals surface area contributed by atoms with Gasteiger partial charge in [0.25, 0.3) is 0 Å². The Morgan fingerprint density at radius 3 is 2.86 bits per heavy atom. The van der Waals surface area contributed by atoms with Crippen LogP contribution in [0, 0.1) is 6.92 Å². The van der Waals surface area contributed by atoms with Crippen LogP contribution >= 0.6 is 23.8 Å². The molecule has 1 aromatic carbocycles. The molecule has 0 amide bonds. The van der Waals surface area contributed by atoms with Gasteiger partial charge in [-0.3, -0.25) is 0 Å². The summed E-state index contributed by atoms with van der Waals surface area (Å²) in [5.74, 6) is 1.42. The molecule has 0 aliphatic rings. The van der Waals surface area contributed by atoms with Crippen molar-refractivity contribution >= 4 is 34.7 Å². The Labute approximate surface area is 134 Å². The van der Waals surface area contributed by atoms with Crippen molar-refractivity contribution in [3.8, 4) is 5.75 Å². The van der Waals surface area contributed by atoms with Gasteiger partial charge in [0.2, 0.25) is 0 Å². The fourth-order valence-corrected chi connectivity index (χ4v) is 2.04. The first kappa shape index (κ1) is 15.5. The number of nitrogens with one attached hydrogen (secondary N) is 2. The van der Waals surface area contributed by atoms with E-state index in [1.807, 2.05) is 37.3 Å². The molecule has 0 aliphatic heterocycles. The van der Waals surface area contributed by atoms with E-state index in [2.05, 4.69) is 15.6 Å². The maximum Gasteiger partial charge on any atom is 0.172 e. The zero-order valence-corrected chi connectivity index (χ0v) is 13.2. The summed E-state index contributed by atoms with van der Waals surface area (Å²) in [6, 6.07) is 11.2. The summed E-state index contributed by atoms with van der Waals surface area (Å²) in [6.45, 7) is 3.01. The average molecular weight is 322 g/mol. The number of hydrogen-bond donors (Lipinski definition) is 2. The lowest BCUT2D eigenvalue weighted by molar-refractivity contribution is 0.323. The van der Waals surface area contributed by atoms with Gasteiger partial charge in [-0.1, -0.05) is 29.8 Å². The smallest absolute Gasteiger partial charge is 0.172 e. The molecule has 0 saturated heterocycles. The van der Waals surface area contributed by atoms with E-state index in [-0.39, 0.29) is 0 Å². The predicted octanol–water partition coefficient (Wildman–Crippen LogP) is 3.41. The summed E-state index contributed by atoms with van der Waals surface area (Å²) in [5, 5.41) is 7.22. The number of aromatic nitrogens is 1. The molecule has 0 atom stereocenters. The number of halogens is 1. The molecule has 2 N–H and O–H groups in total. The van der Waals surface area contributed by atoms with Crippen molar-refractivity contribution in [2.45, 2.75) is 6.92 Å². The van der Waals surface area contributed by atoms with Gasteiger partial charge in [-0.05, 0) is 42.9 Å². The van der Waals surface area contributed by atoms with Gasteiger partial charge in [0.15, 0.2) is 5.11 Å². The van der Waals surface area contributed by atoms with Crippen LogP contribution in [0.2, 0.25) is 5.02 Å². The first-order chi connectivity index (χ1) is 10.2. The third kappa shape index (κ3) is 4.88. The molecule has 0 aliphatic carbocycles. The monoisotopic (exact) mass is 321 g/mol. The van der Waals surface area contributed by atoms with Crippen LogP contribution in [0.1, 0.15) is 5.56 Å². The van der Waals surface area contributed by atoms with Crippen molar-refractivity contribution in [2.75, 3.05) is 18.5 Å². The highest BCUT2D eigenvalue weighted by Gasteiger charge is 2.02. The molecule has 6 heteroatoms. The van der Waals surface area contributed by atoms with Crippen molar-refractivity contribution in [1.82, 2.24) is 10.3 Å². The summed E-state index contributed by atoms with van der Waals surface area (Å²) in [6.07, 6.45) is 1.72. The van der Waals surface area contributed by atoms with E-state index in [1.165, 1.54) is 0 Å². The quantitative estimate of drug-likeness (QED) is 0.653. The second-order valence-corrected chi connectivity index (χ2v) is 5.14. The molecule has 0 bridgehead atoms. The van der Waals surface area contributed by atoms with Crippen molar-refractivity contribution in [2.24, 2.45) is 0 Å². The molecule has 21 heavy (non-hydrogen) atoms. The molecule has 0 spiro atoms. The lowest BCUT2D eigenvalue weighted by atomic mass is 10.3. The molecule has 2 aromatic rings. The summed E-state index contributed by atoms with van der Waals surface area (Å²) in [4.78, 5) is 4.22. The van der Waals surface area contributed by atoms with E-state index in [4.69, 9.17) is 28.6 Å². The number of anilines is 1. The van der Waals surface area contributed by atoms with Crippen molar-refractivity contribution in [3.63, 3.8) is 0 Å². The van der Waals surface area contributed by atoms with Crippen LogP contribution in [0.15, 0.2) is 42.6 Å². The minimum absolute atomic E-state index is 0.465. The lowest BCUT2D eigenvalue weighted by Crippen LogP contribution is -2.32. The Morgan fingerprint density at radius 1 is 1.29 bits per heavy atom. The molecule has 4 nitrogen and oxygen atoms in total. The Hall–Kier alpha value is -1.85. The van der Waals surface area contributed by atoms with Crippen LogP contribution in [0.3, 0.4) is 0 Å². The molecular weight excluding hydrogens is 306 g/mol. The van der Waals surface area contributed by atoms with Crippen LogP contribution < -0.4 is 15.4 Å². The van der Waals surface area contributed by atoms with E-state index in [9.17, 15) is 0 Å². The minimum Gasteiger partial charge on any atom is -0.490 e. The molecular formula is C15H16ClN3OS. The predicted molar refractivity (Wildman–Crippen MR) is 90.1 cm³/mol. The SMILES string of the molecule is Cc1cccnc1NC(=S)NCCOc1ccccc1Cl. The largest absolute Gasteiger partial charge is 0.490 e. The zero-order valence-electron chi connectivity index (χ0n) is 11.6. The number of rotatable bonds is 5. The van der Waals surface area contributed by atoms with Gasteiger partial charge in [0.05, 0.1) is 11.6 Å². The number of benzene rings is 1. The first-order valence-electron chi connectivity index (χ1n) is 6.50. The second-order valence-electron chi connectivity index (χ2n) is 4.33. The van der Waals surface area contributed by atoms with Crippen molar-refractivity contribution < 1.29 is 4.74 Å². The fourth-order valence-electron chi connectivity index (χ4n) is 1.66. The number of para-hydroxylation sites is 1. The van der Waals surface area contributed by atoms with Crippen LogP contribution in [-0.2, 0) is 0 Å². The summed E-state index contributed by atoms with van der Waals surface area (Å²) in [5.41, 5.74) is 1.04. The van der Waals surface area contributed by atoms with E-state index in [0.29, 0.717) is 29.0 Å². The normalized spacial score (nSPS) is 10.0. The van der Waals surface area contributed by atoms with E-state index in [1.54, 1.807) is 12.3 Å². The van der Waals surface area contributed by atoms with Crippen LogP contribution in [0.5, 0.6) is 5.75 Å². The number of aryl methyl sites for hydroxylation is 1. The Bertz CT molecular complexity index is 621. The molecule has 0 radical (unpaired) electrons. The van der Waals surface area contributed by atoms with E-state index >= 15 is 0 Å². The van der Waals surface area contributed by atoms with Crippen LogP contribution in [0.4, 0.5) is 5.82 Å². The van der Waals surface area contributed by atoms with E-state index < -0.39 is 0 Å².